The Hall–Kier alpha value is -3.20. The van der Waals surface area contributed by atoms with Crippen LogP contribution in [-0.2, 0) is 11.0 Å². The summed E-state index contributed by atoms with van der Waals surface area (Å²) in [5, 5.41) is 0.261. The van der Waals surface area contributed by atoms with E-state index in [2.05, 4.69) is 15.4 Å². The minimum Gasteiger partial charge on any atom is -0.271 e. The van der Waals surface area contributed by atoms with Crippen LogP contribution in [0.4, 0.5) is 13.2 Å². The first-order chi connectivity index (χ1) is 13.8. The monoisotopic (exact) mass is 420 g/mol. The second-order valence-electron chi connectivity index (χ2n) is 6.34. The third-order valence-electron chi connectivity index (χ3n) is 4.49. The third kappa shape index (κ3) is 3.38. The van der Waals surface area contributed by atoms with Crippen LogP contribution in [0.3, 0.4) is 0 Å². The van der Waals surface area contributed by atoms with Gasteiger partial charge in [0, 0.05) is 11.6 Å². The number of fused-ring (bicyclic) bond motifs is 1. The van der Waals surface area contributed by atoms with Gasteiger partial charge in [-0.1, -0.05) is 30.3 Å². The highest BCUT2D eigenvalue weighted by molar-refractivity contribution is 6.33. The number of nitrogens with zero attached hydrogens (tertiary/aromatic N) is 3. The van der Waals surface area contributed by atoms with Gasteiger partial charge in [0.1, 0.15) is 11.4 Å². The van der Waals surface area contributed by atoms with E-state index in [1.165, 1.54) is 18.3 Å². The molecule has 1 aliphatic rings. The number of benzene rings is 1. The molecule has 2 amide bonds. The average Bonchev–Trinajstić information content (AvgIpc) is 2.72. The fourth-order valence-corrected chi connectivity index (χ4v) is 3.47. The summed E-state index contributed by atoms with van der Waals surface area (Å²) < 4.78 is 40.4. The van der Waals surface area contributed by atoms with Crippen molar-refractivity contribution in [2.45, 2.75) is 17.6 Å². The normalized spacial score (nSPS) is 19.2. The van der Waals surface area contributed by atoms with Crippen molar-refractivity contribution in [1.29, 1.82) is 0 Å². The van der Waals surface area contributed by atoms with Crippen LogP contribution in [0.5, 0.6) is 0 Å². The number of alkyl halides is 4. The Labute approximate surface area is 167 Å². The molecule has 2 atom stereocenters. The molecule has 0 saturated carbocycles. The summed E-state index contributed by atoms with van der Waals surface area (Å²) in [7, 11) is 0. The lowest BCUT2D eigenvalue weighted by Crippen LogP contribution is -2.63. The van der Waals surface area contributed by atoms with Gasteiger partial charge < -0.3 is 0 Å². The van der Waals surface area contributed by atoms with E-state index in [1.54, 1.807) is 30.3 Å². The lowest BCUT2D eigenvalue weighted by Gasteiger charge is -2.44. The van der Waals surface area contributed by atoms with Gasteiger partial charge in [-0.05, 0) is 23.8 Å². The highest BCUT2D eigenvalue weighted by Crippen LogP contribution is 2.37. The molecular weight excluding hydrogens is 409 g/mol. The van der Waals surface area contributed by atoms with Crippen LogP contribution < -0.4 is 5.43 Å². The van der Waals surface area contributed by atoms with Crippen molar-refractivity contribution >= 4 is 34.4 Å². The molecule has 0 aliphatic carbocycles. The molecule has 1 aromatic carbocycles. The zero-order valence-corrected chi connectivity index (χ0v) is 15.3. The summed E-state index contributed by atoms with van der Waals surface area (Å²) in [4.78, 5) is 32.1. The first kappa shape index (κ1) is 19.1. The third-order valence-corrected chi connectivity index (χ3v) is 4.92. The molecule has 1 N–H and O–H groups in total. The molecule has 3 heterocycles. The number of carbonyl (C=O) groups excluding carboxylic acids is 2. The number of rotatable bonds is 3. The number of aromatic nitrogens is 2. The second-order valence-corrected chi connectivity index (χ2v) is 6.81. The number of hydrazine groups is 1. The van der Waals surface area contributed by atoms with Crippen LogP contribution in [0.2, 0.25) is 0 Å². The van der Waals surface area contributed by atoms with Crippen LogP contribution >= 0.6 is 11.6 Å². The van der Waals surface area contributed by atoms with E-state index in [9.17, 15) is 22.8 Å². The smallest absolute Gasteiger partial charge is 0.271 e. The second kappa shape index (κ2) is 7.00. The Morgan fingerprint density at radius 2 is 1.86 bits per heavy atom. The fraction of sp³-hybridized carbons (Fsp3) is 0.158. The SMILES string of the molecule is O=C(NN1C(=O)C(Cl)C1c1ccccc1)c1cc2cccnc2nc1C(F)(F)F. The van der Waals surface area contributed by atoms with Crippen molar-refractivity contribution < 1.29 is 22.8 Å². The van der Waals surface area contributed by atoms with Gasteiger partial charge in [-0.3, -0.25) is 15.0 Å². The molecular formula is C19H12ClF3N4O2. The quantitative estimate of drug-likeness (QED) is 0.520. The van der Waals surface area contributed by atoms with E-state index in [0.717, 1.165) is 11.1 Å². The zero-order chi connectivity index (χ0) is 20.8. The topological polar surface area (TPSA) is 75.2 Å². The number of amides is 2. The van der Waals surface area contributed by atoms with Gasteiger partial charge in [0.25, 0.3) is 11.8 Å². The number of nitrogens with one attached hydrogen (secondary N) is 1. The first-order valence-electron chi connectivity index (χ1n) is 8.43. The summed E-state index contributed by atoms with van der Waals surface area (Å²) in [6.07, 6.45) is -3.58. The number of hydrogen-bond acceptors (Lipinski definition) is 4. The van der Waals surface area contributed by atoms with Crippen molar-refractivity contribution in [2.75, 3.05) is 0 Å². The van der Waals surface area contributed by atoms with E-state index in [1.807, 2.05) is 0 Å². The Morgan fingerprint density at radius 3 is 2.55 bits per heavy atom. The summed E-state index contributed by atoms with van der Waals surface area (Å²) >= 11 is 6.06. The van der Waals surface area contributed by atoms with E-state index in [0.29, 0.717) is 5.56 Å². The Bertz CT molecular complexity index is 1110. The minimum absolute atomic E-state index is 0.139. The van der Waals surface area contributed by atoms with Gasteiger partial charge >= 0.3 is 6.18 Å². The Balaban J connectivity index is 1.69. The molecule has 6 nitrogen and oxygen atoms in total. The molecule has 1 aliphatic heterocycles. The molecule has 0 spiro atoms. The average molecular weight is 421 g/mol. The molecule has 1 fully saturated rings. The van der Waals surface area contributed by atoms with Crippen LogP contribution in [0.15, 0.2) is 54.7 Å². The summed E-state index contributed by atoms with van der Waals surface area (Å²) in [5.41, 5.74) is 0.648. The number of hydrogen-bond donors (Lipinski definition) is 1. The van der Waals surface area contributed by atoms with Gasteiger partial charge in [-0.15, -0.1) is 11.6 Å². The van der Waals surface area contributed by atoms with Gasteiger partial charge in [0.15, 0.2) is 11.3 Å². The summed E-state index contributed by atoms with van der Waals surface area (Å²) in [6, 6.07) is 12.0. The highest BCUT2D eigenvalue weighted by atomic mass is 35.5. The number of β-lactam (4-membered cyclic amide) rings is 1. The summed E-state index contributed by atoms with van der Waals surface area (Å²) in [6.45, 7) is 0. The first-order valence-corrected chi connectivity index (χ1v) is 8.87. The van der Waals surface area contributed by atoms with Crippen molar-refractivity contribution in [3.63, 3.8) is 0 Å². The van der Waals surface area contributed by atoms with Gasteiger partial charge in [-0.25, -0.2) is 15.0 Å². The van der Waals surface area contributed by atoms with E-state index in [4.69, 9.17) is 11.6 Å². The van der Waals surface area contributed by atoms with Crippen LogP contribution in [0, 0.1) is 0 Å². The molecule has 0 radical (unpaired) electrons. The van der Waals surface area contributed by atoms with Gasteiger partial charge in [0.05, 0.1) is 5.56 Å². The molecule has 148 valence electrons. The molecule has 2 aromatic heterocycles. The van der Waals surface area contributed by atoms with Crippen molar-refractivity contribution in [3.8, 4) is 0 Å². The van der Waals surface area contributed by atoms with Crippen LogP contribution in [0.1, 0.15) is 27.7 Å². The minimum atomic E-state index is -4.88. The molecule has 4 rings (SSSR count). The highest BCUT2D eigenvalue weighted by Gasteiger charge is 2.49. The number of pyridine rings is 2. The van der Waals surface area contributed by atoms with Crippen molar-refractivity contribution in [3.05, 3.63) is 71.5 Å². The molecule has 29 heavy (non-hydrogen) atoms. The summed E-state index contributed by atoms with van der Waals surface area (Å²) in [5.74, 6) is -1.73. The van der Waals surface area contributed by atoms with E-state index in [-0.39, 0.29) is 11.0 Å². The van der Waals surface area contributed by atoms with Crippen molar-refractivity contribution in [1.82, 2.24) is 20.4 Å². The lowest BCUT2D eigenvalue weighted by atomic mass is 9.95. The number of halogens is 4. The maximum Gasteiger partial charge on any atom is 0.434 e. The van der Waals surface area contributed by atoms with Crippen LogP contribution in [0.25, 0.3) is 11.0 Å². The molecule has 0 bridgehead atoms. The number of carbonyl (C=O) groups is 2. The lowest BCUT2D eigenvalue weighted by molar-refractivity contribution is -0.149. The molecule has 10 heteroatoms. The predicted octanol–water partition coefficient (Wildman–Crippen LogP) is 3.48. The van der Waals surface area contributed by atoms with Gasteiger partial charge in [-0.2, -0.15) is 13.2 Å². The molecule has 2 unspecified atom stereocenters. The van der Waals surface area contributed by atoms with Crippen molar-refractivity contribution in [2.24, 2.45) is 0 Å². The fourth-order valence-electron chi connectivity index (χ4n) is 3.11. The molecule has 1 saturated heterocycles. The Kier molecular flexibility index (Phi) is 4.62. The zero-order valence-electron chi connectivity index (χ0n) is 14.5. The Morgan fingerprint density at radius 1 is 1.14 bits per heavy atom. The largest absolute Gasteiger partial charge is 0.434 e. The van der Waals surface area contributed by atoms with Crippen LogP contribution in [-0.4, -0.2) is 32.2 Å². The molecule has 3 aromatic rings. The standard InChI is InChI=1S/C19H12ClF3N4O2/c20-13-14(10-5-2-1-3-6-10)27(18(13)29)26-17(28)12-9-11-7-4-8-24-16(11)25-15(12)19(21,22)23/h1-9,13-14H,(H,26,28). The predicted molar refractivity (Wildman–Crippen MR) is 97.7 cm³/mol. The van der Waals surface area contributed by atoms with E-state index >= 15 is 0 Å². The van der Waals surface area contributed by atoms with E-state index < -0.39 is 40.7 Å². The maximum absolute atomic E-state index is 13.5. The van der Waals surface area contributed by atoms with Gasteiger partial charge in [0.2, 0.25) is 0 Å². The maximum atomic E-state index is 13.5.